The second-order valence-electron chi connectivity index (χ2n) is 7.09. The van der Waals surface area contributed by atoms with Crippen molar-refractivity contribution in [3.8, 4) is 0 Å². The van der Waals surface area contributed by atoms with Crippen LogP contribution >= 0.6 is 0 Å². The Labute approximate surface area is 154 Å². The predicted molar refractivity (Wildman–Crippen MR) is 103 cm³/mol. The van der Waals surface area contributed by atoms with E-state index in [1.54, 1.807) is 18.2 Å². The molecule has 26 heavy (non-hydrogen) atoms. The summed E-state index contributed by atoms with van der Waals surface area (Å²) in [7, 11) is 4.26. The third kappa shape index (κ3) is 4.02. The van der Waals surface area contributed by atoms with Gasteiger partial charge in [-0.3, -0.25) is 9.69 Å². The Kier molecular flexibility index (Phi) is 5.52. The zero-order valence-corrected chi connectivity index (χ0v) is 15.3. The highest BCUT2D eigenvalue weighted by molar-refractivity contribution is 5.99. The molecule has 0 atom stereocenters. The molecule has 1 saturated carbocycles. The molecule has 0 saturated heterocycles. The highest BCUT2D eigenvalue weighted by atomic mass is 19.1. The Morgan fingerprint density at radius 1 is 1.04 bits per heavy atom. The largest absolute Gasteiger partial charge is 0.323 e. The van der Waals surface area contributed by atoms with Crippen molar-refractivity contribution in [2.75, 3.05) is 19.4 Å². The number of carbonyl (C=O) groups is 1. The lowest BCUT2D eigenvalue weighted by molar-refractivity contribution is -0.112. The molecule has 1 fully saturated rings. The van der Waals surface area contributed by atoms with Gasteiger partial charge >= 0.3 is 0 Å². The average molecular weight is 352 g/mol. The minimum absolute atomic E-state index is 0.0199. The summed E-state index contributed by atoms with van der Waals surface area (Å²) in [5.41, 5.74) is 3.13. The lowest BCUT2D eigenvalue weighted by Gasteiger charge is -2.44. The summed E-state index contributed by atoms with van der Waals surface area (Å²) in [4.78, 5) is 14.5. The van der Waals surface area contributed by atoms with Gasteiger partial charge < -0.3 is 5.32 Å². The summed E-state index contributed by atoms with van der Waals surface area (Å²) in [6.07, 6.45) is 5.46. The molecule has 1 aliphatic carbocycles. The first-order chi connectivity index (χ1) is 12.5. The number of carbonyl (C=O) groups excluding carboxylic acids is 1. The fourth-order valence-corrected chi connectivity index (χ4v) is 3.77. The van der Waals surface area contributed by atoms with Gasteiger partial charge in [-0.2, -0.15) is 0 Å². The minimum atomic E-state index is -0.311. The fraction of sp³-hybridized carbons (Fsp3) is 0.318. The van der Waals surface area contributed by atoms with Crippen LogP contribution in [-0.2, 0) is 10.3 Å². The molecule has 2 aromatic rings. The van der Waals surface area contributed by atoms with Crippen molar-refractivity contribution >= 4 is 11.6 Å². The lowest BCUT2D eigenvalue weighted by atomic mass is 9.74. The van der Waals surface area contributed by atoms with E-state index in [-0.39, 0.29) is 17.3 Å². The van der Waals surface area contributed by atoms with E-state index in [0.717, 1.165) is 31.3 Å². The number of hydrogen-bond acceptors (Lipinski definition) is 2. The highest BCUT2D eigenvalue weighted by Gasteiger charge is 2.37. The molecule has 1 amide bonds. The van der Waals surface area contributed by atoms with Crippen molar-refractivity contribution in [1.82, 2.24) is 4.90 Å². The van der Waals surface area contributed by atoms with E-state index in [1.165, 1.54) is 17.7 Å². The van der Waals surface area contributed by atoms with Crippen LogP contribution in [0.2, 0.25) is 0 Å². The molecule has 3 rings (SSSR count). The second-order valence-corrected chi connectivity index (χ2v) is 7.09. The van der Waals surface area contributed by atoms with Gasteiger partial charge in [0.2, 0.25) is 5.91 Å². The van der Waals surface area contributed by atoms with Gasteiger partial charge in [-0.25, -0.2) is 4.39 Å². The Balaban J connectivity index is 1.67. The van der Waals surface area contributed by atoms with E-state index < -0.39 is 0 Å². The normalized spacial score (nSPS) is 20.1. The molecule has 136 valence electrons. The number of benzene rings is 2. The lowest BCUT2D eigenvalue weighted by Crippen LogP contribution is -2.43. The molecule has 0 spiro atoms. The van der Waals surface area contributed by atoms with E-state index in [2.05, 4.69) is 48.6 Å². The summed E-state index contributed by atoms with van der Waals surface area (Å²) in [5, 5.41) is 2.80. The summed E-state index contributed by atoms with van der Waals surface area (Å²) in [6.45, 7) is 0. The zero-order chi connectivity index (χ0) is 18.6. The van der Waals surface area contributed by atoms with Crippen LogP contribution < -0.4 is 5.32 Å². The number of anilines is 1. The van der Waals surface area contributed by atoms with Gasteiger partial charge in [-0.15, -0.1) is 0 Å². The van der Waals surface area contributed by atoms with E-state index >= 15 is 0 Å². The van der Waals surface area contributed by atoms with Crippen LogP contribution in [0.1, 0.15) is 31.2 Å². The molecule has 0 radical (unpaired) electrons. The molecule has 4 heteroatoms. The molecule has 0 heterocycles. The number of halogens is 1. The van der Waals surface area contributed by atoms with E-state index in [4.69, 9.17) is 0 Å². The number of nitrogens with zero attached hydrogens (tertiary/aromatic N) is 1. The standard InChI is InChI=1S/C22H25FN2O/c1-25(2)22(18-6-4-3-5-7-18)14-12-17(13-15-22)16-21(26)24-20-10-8-19(23)9-11-20/h3-11,16H,12-15H2,1-2H3,(H,24,26). The Morgan fingerprint density at radius 3 is 2.23 bits per heavy atom. The van der Waals surface area contributed by atoms with Crippen molar-refractivity contribution in [3.63, 3.8) is 0 Å². The number of rotatable bonds is 4. The molecule has 0 unspecified atom stereocenters. The van der Waals surface area contributed by atoms with Crippen LogP contribution in [0, 0.1) is 5.82 Å². The number of amides is 1. The number of allylic oxidation sites excluding steroid dienone is 1. The third-order valence-electron chi connectivity index (χ3n) is 5.33. The van der Waals surface area contributed by atoms with Gasteiger partial charge in [0.05, 0.1) is 0 Å². The van der Waals surface area contributed by atoms with Crippen LogP contribution in [0.4, 0.5) is 10.1 Å². The average Bonchev–Trinajstić information content (AvgIpc) is 2.65. The SMILES string of the molecule is CN(C)C1(c2ccccc2)CCC(=CC(=O)Nc2ccc(F)cc2)CC1. The van der Waals surface area contributed by atoms with Gasteiger partial charge in [0.1, 0.15) is 5.82 Å². The van der Waals surface area contributed by atoms with Crippen LogP contribution in [-0.4, -0.2) is 24.9 Å². The molecule has 3 nitrogen and oxygen atoms in total. The zero-order valence-electron chi connectivity index (χ0n) is 15.3. The summed E-state index contributed by atoms with van der Waals surface area (Å²) in [6, 6.07) is 16.4. The van der Waals surface area contributed by atoms with Gasteiger partial charge in [0.15, 0.2) is 0 Å². The van der Waals surface area contributed by atoms with Crippen molar-refractivity contribution in [2.24, 2.45) is 0 Å². The fourth-order valence-electron chi connectivity index (χ4n) is 3.77. The van der Waals surface area contributed by atoms with E-state index in [1.807, 2.05) is 6.07 Å². The maximum absolute atomic E-state index is 12.9. The summed E-state index contributed by atoms with van der Waals surface area (Å²) < 4.78 is 12.9. The quantitative estimate of drug-likeness (QED) is 0.808. The molecule has 2 aromatic carbocycles. The smallest absolute Gasteiger partial charge is 0.248 e. The van der Waals surface area contributed by atoms with Crippen molar-refractivity contribution in [1.29, 1.82) is 0 Å². The summed E-state index contributed by atoms with van der Waals surface area (Å²) in [5.74, 6) is -0.460. The predicted octanol–water partition coefficient (Wildman–Crippen LogP) is 4.72. The van der Waals surface area contributed by atoms with Crippen molar-refractivity contribution in [3.05, 3.63) is 77.6 Å². The number of nitrogens with one attached hydrogen (secondary N) is 1. The van der Waals surface area contributed by atoms with Gasteiger partial charge in [0, 0.05) is 17.3 Å². The second kappa shape index (κ2) is 7.83. The third-order valence-corrected chi connectivity index (χ3v) is 5.33. The van der Waals surface area contributed by atoms with Crippen LogP contribution in [0.3, 0.4) is 0 Å². The molecule has 0 aliphatic heterocycles. The Bertz CT molecular complexity index is 772. The van der Waals surface area contributed by atoms with Gasteiger partial charge in [0.25, 0.3) is 0 Å². The molecule has 0 aromatic heterocycles. The van der Waals surface area contributed by atoms with Crippen LogP contribution in [0.5, 0.6) is 0 Å². The van der Waals surface area contributed by atoms with Gasteiger partial charge in [-0.1, -0.05) is 35.9 Å². The first-order valence-corrected chi connectivity index (χ1v) is 8.98. The monoisotopic (exact) mass is 352 g/mol. The van der Waals surface area contributed by atoms with Crippen LogP contribution in [0.15, 0.2) is 66.2 Å². The first-order valence-electron chi connectivity index (χ1n) is 8.98. The maximum Gasteiger partial charge on any atom is 0.248 e. The summed E-state index contributed by atoms with van der Waals surface area (Å²) >= 11 is 0. The molecular weight excluding hydrogens is 327 g/mol. The molecule has 1 aliphatic rings. The van der Waals surface area contributed by atoms with Gasteiger partial charge in [-0.05, 0) is 69.6 Å². The molecule has 1 N–H and O–H groups in total. The first kappa shape index (κ1) is 18.3. The highest BCUT2D eigenvalue weighted by Crippen LogP contribution is 2.42. The number of hydrogen-bond donors (Lipinski definition) is 1. The molecular formula is C22H25FN2O. The van der Waals surface area contributed by atoms with Crippen molar-refractivity contribution < 1.29 is 9.18 Å². The topological polar surface area (TPSA) is 32.3 Å². The van der Waals surface area contributed by atoms with E-state index in [0.29, 0.717) is 5.69 Å². The molecule has 0 bridgehead atoms. The maximum atomic E-state index is 12.9. The Morgan fingerprint density at radius 2 is 1.65 bits per heavy atom. The van der Waals surface area contributed by atoms with Crippen molar-refractivity contribution in [2.45, 2.75) is 31.2 Å². The minimum Gasteiger partial charge on any atom is -0.323 e. The van der Waals surface area contributed by atoms with Crippen LogP contribution in [0.25, 0.3) is 0 Å². The van der Waals surface area contributed by atoms with E-state index in [9.17, 15) is 9.18 Å². The Hall–Kier alpha value is -2.46.